The maximum atomic E-state index is 13.5. The average Bonchev–Trinajstić information content (AvgIpc) is 3.46. The molecule has 0 unspecified atom stereocenters. The Bertz CT molecular complexity index is 1580. The Morgan fingerprint density at radius 3 is 2.62 bits per heavy atom. The minimum absolute atomic E-state index is 0.0528. The molecule has 2 aliphatic rings. The van der Waals surface area contributed by atoms with Gasteiger partial charge in [-0.25, -0.2) is 9.78 Å². The van der Waals surface area contributed by atoms with E-state index in [0.717, 1.165) is 16.2 Å². The monoisotopic (exact) mass is 630 g/mol. The number of methoxy groups -OCH3 is 1. The fraction of sp³-hybridized carbons (Fsp3) is 0.259. The number of ether oxygens (including phenoxy) is 4. The maximum Gasteiger partial charge on any atom is 0.350 e. The van der Waals surface area contributed by atoms with E-state index in [0.29, 0.717) is 36.0 Å². The van der Waals surface area contributed by atoms with Crippen molar-refractivity contribution in [3.05, 3.63) is 62.1 Å². The molecule has 13 heteroatoms. The van der Waals surface area contributed by atoms with Crippen LogP contribution >= 0.6 is 27.3 Å². The lowest BCUT2D eigenvalue weighted by molar-refractivity contribution is -0.132. The number of benzene rings is 2. The van der Waals surface area contributed by atoms with Crippen molar-refractivity contribution in [2.75, 3.05) is 31.8 Å². The minimum Gasteiger partial charge on any atom is -0.507 e. The number of amides is 1. The number of phenols is 1. The smallest absolute Gasteiger partial charge is 0.350 e. The summed E-state index contributed by atoms with van der Waals surface area (Å²) in [5.41, 5.74) is 0.632. The van der Waals surface area contributed by atoms with E-state index in [1.54, 1.807) is 26.0 Å². The average molecular weight is 631 g/mol. The van der Waals surface area contributed by atoms with Gasteiger partial charge < -0.3 is 29.2 Å². The normalized spacial score (nSPS) is 17.7. The van der Waals surface area contributed by atoms with Gasteiger partial charge in [0.25, 0.3) is 5.78 Å². The van der Waals surface area contributed by atoms with Gasteiger partial charge in [0.1, 0.15) is 23.9 Å². The summed E-state index contributed by atoms with van der Waals surface area (Å²) in [6, 6.07) is 6.43. The number of Topliss-reactive ketones (excluding diaryl/α,β-unsaturated/α-hetero) is 1. The molecule has 0 aliphatic carbocycles. The molecule has 1 fully saturated rings. The highest BCUT2D eigenvalue weighted by molar-refractivity contribution is 9.10. The molecule has 40 heavy (non-hydrogen) atoms. The number of carbonyl (C=O) groups excluding carboxylic acids is 3. The second-order valence-electron chi connectivity index (χ2n) is 8.71. The molecule has 0 radical (unpaired) electrons. The number of aromatic nitrogens is 1. The lowest BCUT2D eigenvalue weighted by atomic mass is 9.95. The second-order valence-corrected chi connectivity index (χ2v) is 10.5. The first-order valence-electron chi connectivity index (χ1n) is 12.1. The van der Waals surface area contributed by atoms with E-state index in [4.69, 9.17) is 18.9 Å². The van der Waals surface area contributed by atoms with Crippen LogP contribution in [0.4, 0.5) is 5.13 Å². The molecule has 0 saturated carbocycles. The highest BCUT2D eigenvalue weighted by Crippen LogP contribution is 2.47. The molecule has 2 aliphatic heterocycles. The number of halogens is 1. The molecule has 0 bridgehead atoms. The molecule has 2 N–H and O–H groups in total. The molecular weight excluding hydrogens is 608 g/mol. The first-order valence-corrected chi connectivity index (χ1v) is 13.7. The number of aromatic hydroxyl groups is 1. The third-order valence-corrected chi connectivity index (χ3v) is 8.04. The van der Waals surface area contributed by atoms with E-state index in [1.165, 1.54) is 25.3 Å². The van der Waals surface area contributed by atoms with E-state index in [-0.39, 0.29) is 43.7 Å². The number of hydrogen-bond donors (Lipinski definition) is 2. The Balaban J connectivity index is 1.72. The van der Waals surface area contributed by atoms with Crippen LogP contribution in [0.15, 0.2) is 40.4 Å². The van der Waals surface area contributed by atoms with Crippen LogP contribution in [-0.2, 0) is 14.3 Å². The van der Waals surface area contributed by atoms with Crippen LogP contribution in [0.3, 0.4) is 0 Å². The maximum absolute atomic E-state index is 13.5. The number of fused-ring (bicyclic) bond motifs is 1. The molecule has 1 aromatic heterocycles. The van der Waals surface area contributed by atoms with E-state index in [1.807, 2.05) is 0 Å². The molecule has 1 atom stereocenters. The second kappa shape index (κ2) is 10.8. The molecule has 208 valence electrons. The molecule has 11 nitrogen and oxygen atoms in total. The minimum atomic E-state index is -1.19. The Kier molecular flexibility index (Phi) is 7.43. The van der Waals surface area contributed by atoms with Gasteiger partial charge in [-0.15, -0.1) is 0 Å². The van der Waals surface area contributed by atoms with E-state index >= 15 is 0 Å². The van der Waals surface area contributed by atoms with E-state index < -0.39 is 29.5 Å². The molecule has 1 saturated heterocycles. The number of nitrogens with zero attached hydrogens (tertiary/aromatic N) is 2. The van der Waals surface area contributed by atoms with Gasteiger partial charge in [-0.05, 0) is 65.7 Å². The number of aliphatic hydroxyl groups is 1. The largest absolute Gasteiger partial charge is 0.507 e. The number of carbonyl (C=O) groups is 3. The van der Waals surface area contributed by atoms with Crippen molar-refractivity contribution < 1.29 is 43.5 Å². The summed E-state index contributed by atoms with van der Waals surface area (Å²) in [7, 11) is 1.35. The number of rotatable bonds is 6. The van der Waals surface area contributed by atoms with Gasteiger partial charge in [-0.1, -0.05) is 11.3 Å². The number of aliphatic hydroxyl groups excluding tert-OH is 1. The van der Waals surface area contributed by atoms with Crippen molar-refractivity contribution in [3.8, 4) is 23.0 Å². The summed E-state index contributed by atoms with van der Waals surface area (Å²) >= 11 is 4.17. The van der Waals surface area contributed by atoms with Gasteiger partial charge in [0, 0.05) is 5.56 Å². The SMILES string of the molecule is CCOC(=O)c1sc(N2C(=O)C(=O)/C(=C(/O)c3ccc4c(c3)OCCO4)[C@@H]2c2cc(Br)c(O)c(OC)c2)nc1C. The van der Waals surface area contributed by atoms with Gasteiger partial charge in [-0.2, -0.15) is 0 Å². The van der Waals surface area contributed by atoms with Crippen LogP contribution in [-0.4, -0.2) is 59.8 Å². The lowest BCUT2D eigenvalue weighted by Gasteiger charge is -2.24. The van der Waals surface area contributed by atoms with Crippen molar-refractivity contribution >= 4 is 55.8 Å². The summed E-state index contributed by atoms with van der Waals surface area (Å²) in [6.07, 6.45) is 0. The molecule has 5 rings (SSSR count). The van der Waals surface area contributed by atoms with Crippen molar-refractivity contribution in [1.82, 2.24) is 4.98 Å². The van der Waals surface area contributed by atoms with Crippen LogP contribution in [0.2, 0.25) is 0 Å². The third kappa shape index (κ3) is 4.64. The number of phenolic OH excluding ortho intramolecular Hbond substituents is 1. The standard InChI is InChI=1S/C27H23BrN2O9S/c1-4-37-26(35)24-12(2)29-27(40-24)30-20(14-9-15(28)22(32)18(11-14)36-3)19(23(33)25(30)34)21(31)13-5-6-16-17(10-13)39-8-7-38-16/h5-6,9-11,20,31-32H,4,7-8H2,1-3H3/b21-19+/t20-/m0/s1. The number of thiazole rings is 1. The fourth-order valence-electron chi connectivity index (χ4n) is 4.47. The van der Waals surface area contributed by atoms with Crippen molar-refractivity contribution in [2.45, 2.75) is 19.9 Å². The number of esters is 1. The first-order chi connectivity index (χ1) is 19.2. The van der Waals surface area contributed by atoms with Crippen molar-refractivity contribution in [2.24, 2.45) is 0 Å². The summed E-state index contributed by atoms with van der Waals surface area (Å²) < 4.78 is 21.8. The molecule has 3 aromatic rings. The summed E-state index contributed by atoms with van der Waals surface area (Å²) in [5, 5.41) is 21.9. The van der Waals surface area contributed by atoms with Gasteiger partial charge in [0.15, 0.2) is 28.1 Å². The first kappa shape index (κ1) is 27.5. The number of anilines is 1. The predicted molar refractivity (Wildman–Crippen MR) is 147 cm³/mol. The van der Waals surface area contributed by atoms with Gasteiger partial charge in [0.2, 0.25) is 0 Å². The van der Waals surface area contributed by atoms with Crippen molar-refractivity contribution in [1.29, 1.82) is 0 Å². The highest BCUT2D eigenvalue weighted by atomic mass is 79.9. The van der Waals surface area contributed by atoms with Crippen LogP contribution < -0.4 is 19.1 Å². The zero-order valence-electron chi connectivity index (χ0n) is 21.5. The molecule has 0 spiro atoms. The quantitative estimate of drug-likeness (QED) is 0.173. The van der Waals surface area contributed by atoms with Gasteiger partial charge in [-0.3, -0.25) is 14.5 Å². The van der Waals surface area contributed by atoms with E-state index in [9.17, 15) is 24.6 Å². The summed E-state index contributed by atoms with van der Waals surface area (Å²) in [5.74, 6) is -2.25. The fourth-order valence-corrected chi connectivity index (χ4v) is 5.92. The number of ketones is 1. The Morgan fingerprint density at radius 2 is 1.93 bits per heavy atom. The van der Waals surface area contributed by atoms with Crippen LogP contribution in [0, 0.1) is 6.92 Å². The molecular formula is C27H23BrN2O9S. The summed E-state index contributed by atoms with van der Waals surface area (Å²) in [6.45, 7) is 4.10. The Hall–Kier alpha value is -4.10. The van der Waals surface area contributed by atoms with Gasteiger partial charge in [0.05, 0.1) is 35.5 Å². The van der Waals surface area contributed by atoms with E-state index in [2.05, 4.69) is 20.9 Å². The number of hydrogen-bond acceptors (Lipinski definition) is 11. The predicted octanol–water partition coefficient (Wildman–Crippen LogP) is 4.50. The zero-order chi connectivity index (χ0) is 28.7. The third-order valence-electron chi connectivity index (χ3n) is 6.30. The lowest BCUT2D eigenvalue weighted by Crippen LogP contribution is -2.29. The zero-order valence-corrected chi connectivity index (χ0v) is 23.9. The van der Waals surface area contributed by atoms with Crippen LogP contribution in [0.5, 0.6) is 23.0 Å². The highest BCUT2D eigenvalue weighted by Gasteiger charge is 2.49. The van der Waals surface area contributed by atoms with Gasteiger partial charge >= 0.3 is 11.9 Å². The van der Waals surface area contributed by atoms with Crippen molar-refractivity contribution in [3.63, 3.8) is 0 Å². The Labute approximate surface area is 240 Å². The summed E-state index contributed by atoms with van der Waals surface area (Å²) in [4.78, 5) is 45.3. The molecule has 3 heterocycles. The van der Waals surface area contributed by atoms with Crippen LogP contribution in [0.1, 0.15) is 39.5 Å². The number of aryl methyl sites for hydroxylation is 1. The Morgan fingerprint density at radius 1 is 1.20 bits per heavy atom. The molecule has 2 aromatic carbocycles. The van der Waals surface area contributed by atoms with Crippen LogP contribution in [0.25, 0.3) is 5.76 Å². The topological polar surface area (TPSA) is 145 Å². The molecule has 1 amide bonds.